The summed E-state index contributed by atoms with van der Waals surface area (Å²) in [6.07, 6.45) is 3.47. The molecule has 1 amide bonds. The largest absolute Gasteiger partial charge is 0.485 e. The number of halogens is 1. The maximum atomic E-state index is 13.8. The van der Waals surface area contributed by atoms with Crippen LogP contribution in [0.3, 0.4) is 0 Å². The number of thioether (sulfide) groups is 1. The van der Waals surface area contributed by atoms with E-state index in [4.69, 9.17) is 17.0 Å². The molecule has 0 bridgehead atoms. The number of carbonyl (C=O) groups is 3. The molecule has 10 heteroatoms. The first kappa shape index (κ1) is 26.3. The first-order valence-electron chi connectivity index (χ1n) is 11.9. The molecule has 1 aliphatic heterocycles. The molecule has 7 nitrogen and oxygen atoms in total. The first-order chi connectivity index (χ1) is 18.8. The molecule has 0 unspecified atom stereocenters. The number of amides is 1. The summed E-state index contributed by atoms with van der Waals surface area (Å²) >= 11 is 6.45. The number of para-hydroxylation sites is 1. The van der Waals surface area contributed by atoms with Crippen LogP contribution in [0.2, 0.25) is 0 Å². The molecule has 0 spiro atoms. The van der Waals surface area contributed by atoms with Crippen LogP contribution >= 0.6 is 24.0 Å². The quantitative estimate of drug-likeness (QED) is 0.159. The molecule has 0 radical (unpaired) electrons. The van der Waals surface area contributed by atoms with E-state index in [2.05, 4.69) is 4.98 Å². The summed E-state index contributed by atoms with van der Waals surface area (Å²) in [5.41, 5.74) is 2.28. The average molecular weight is 561 g/mol. The molecule has 1 saturated heterocycles. The molecular weight excluding hydrogens is 539 g/mol. The van der Waals surface area contributed by atoms with E-state index >= 15 is 0 Å². The van der Waals surface area contributed by atoms with Crippen molar-refractivity contribution in [2.45, 2.75) is 12.5 Å². The molecule has 0 saturated carbocycles. The van der Waals surface area contributed by atoms with Crippen molar-refractivity contribution in [3.63, 3.8) is 0 Å². The number of carboxylic acid groups (broad SMARTS) is 1. The van der Waals surface area contributed by atoms with Crippen molar-refractivity contribution in [1.82, 2.24) is 9.88 Å². The van der Waals surface area contributed by atoms with Gasteiger partial charge in [0.1, 0.15) is 21.9 Å². The number of fused-ring (bicyclic) bond motifs is 1. The van der Waals surface area contributed by atoms with Gasteiger partial charge in [-0.15, -0.1) is 0 Å². The monoisotopic (exact) mass is 560 g/mol. The number of benzene rings is 3. The van der Waals surface area contributed by atoms with Crippen molar-refractivity contribution in [2.75, 3.05) is 6.61 Å². The molecule has 196 valence electrons. The molecule has 3 aromatic carbocycles. The Balaban J connectivity index is 1.27. The minimum Gasteiger partial charge on any atom is -0.485 e. The van der Waals surface area contributed by atoms with Crippen LogP contribution in [-0.2, 0) is 16.0 Å². The maximum absolute atomic E-state index is 13.8. The fourth-order valence-electron chi connectivity index (χ4n) is 4.27. The van der Waals surface area contributed by atoms with E-state index in [9.17, 15) is 23.9 Å². The number of aromatic nitrogens is 1. The second-order valence-corrected chi connectivity index (χ2v) is 10.4. The van der Waals surface area contributed by atoms with Gasteiger partial charge in [-0.2, -0.15) is 0 Å². The zero-order valence-corrected chi connectivity index (χ0v) is 21.9. The zero-order chi connectivity index (χ0) is 27.5. The molecule has 1 aliphatic rings. The fourth-order valence-corrected chi connectivity index (χ4v) is 5.63. The lowest BCUT2D eigenvalue weighted by atomic mass is 10.0. The minimum atomic E-state index is -1.16. The zero-order valence-electron chi connectivity index (χ0n) is 20.3. The second kappa shape index (κ2) is 11.2. The van der Waals surface area contributed by atoms with E-state index in [1.807, 2.05) is 24.3 Å². The maximum Gasteiger partial charge on any atom is 0.327 e. The number of carboxylic acids is 1. The van der Waals surface area contributed by atoms with Gasteiger partial charge in [0, 0.05) is 23.5 Å². The average Bonchev–Trinajstić information content (AvgIpc) is 3.46. The van der Waals surface area contributed by atoms with Gasteiger partial charge in [-0.3, -0.25) is 14.5 Å². The summed E-state index contributed by atoms with van der Waals surface area (Å²) in [6, 6.07) is 18.7. The van der Waals surface area contributed by atoms with Crippen molar-refractivity contribution in [1.29, 1.82) is 0 Å². The number of hydrogen-bond donors (Lipinski definition) is 2. The molecule has 2 N–H and O–H groups in total. The van der Waals surface area contributed by atoms with Crippen molar-refractivity contribution in [2.24, 2.45) is 0 Å². The van der Waals surface area contributed by atoms with Gasteiger partial charge < -0.3 is 14.8 Å². The summed E-state index contributed by atoms with van der Waals surface area (Å²) < 4.78 is 19.5. The summed E-state index contributed by atoms with van der Waals surface area (Å²) in [4.78, 5) is 42.3. The number of aromatic amines is 1. The molecular formula is C29H21FN2O5S2. The first-order valence-corrected chi connectivity index (χ1v) is 13.1. The summed E-state index contributed by atoms with van der Waals surface area (Å²) in [6.45, 7) is -0.327. The van der Waals surface area contributed by atoms with Gasteiger partial charge >= 0.3 is 5.97 Å². The van der Waals surface area contributed by atoms with Crippen LogP contribution in [0, 0.1) is 5.82 Å². The van der Waals surface area contributed by atoms with Crippen LogP contribution in [0.15, 0.2) is 83.9 Å². The minimum absolute atomic E-state index is 0.0412. The van der Waals surface area contributed by atoms with Crippen molar-refractivity contribution < 1.29 is 28.6 Å². The Morgan fingerprint density at radius 3 is 2.54 bits per heavy atom. The van der Waals surface area contributed by atoms with Crippen molar-refractivity contribution in [3.8, 4) is 5.75 Å². The van der Waals surface area contributed by atoms with Gasteiger partial charge in [-0.1, -0.05) is 66.4 Å². The Bertz CT molecular complexity index is 1630. The Kier molecular flexibility index (Phi) is 7.58. The van der Waals surface area contributed by atoms with Crippen LogP contribution in [0.25, 0.3) is 17.0 Å². The van der Waals surface area contributed by atoms with E-state index < -0.39 is 29.5 Å². The van der Waals surface area contributed by atoms with E-state index in [1.165, 1.54) is 18.2 Å². The number of thiocarbonyl (C=S) groups is 1. The molecule has 2 heterocycles. The smallest absolute Gasteiger partial charge is 0.327 e. The predicted octanol–water partition coefficient (Wildman–Crippen LogP) is 5.47. The van der Waals surface area contributed by atoms with Crippen LogP contribution in [0.1, 0.15) is 21.5 Å². The Labute approximate surface area is 232 Å². The highest BCUT2D eigenvalue weighted by molar-refractivity contribution is 8.26. The van der Waals surface area contributed by atoms with Crippen LogP contribution in [0.4, 0.5) is 4.39 Å². The molecule has 1 aromatic heterocycles. The number of rotatable bonds is 9. The molecule has 5 rings (SSSR count). The molecule has 0 aliphatic carbocycles. The lowest BCUT2D eigenvalue weighted by molar-refractivity contribution is -0.145. The van der Waals surface area contributed by atoms with Crippen LogP contribution < -0.4 is 4.74 Å². The third-order valence-corrected chi connectivity index (χ3v) is 7.56. The highest BCUT2D eigenvalue weighted by Gasteiger charge is 2.40. The lowest BCUT2D eigenvalue weighted by Gasteiger charge is -2.23. The molecule has 39 heavy (non-hydrogen) atoms. The fraction of sp³-hybridized carbons (Fsp3) is 0.103. The standard InChI is InChI=1S/C29H21FN2O5S2/c30-22-7-3-1-6-21(22)25(33)16-37-19-11-9-17(10-12-19)13-26-27(34)32(29(38)39-26)24(28(35)36)14-18-15-31-23-8-4-2-5-20(18)23/h1-13,15,24,31H,14,16H2,(H,35,36)/b26-13-/t24-/m0/s1. The predicted molar refractivity (Wildman–Crippen MR) is 151 cm³/mol. The number of ether oxygens (including phenoxy) is 1. The molecule has 4 aromatic rings. The summed E-state index contributed by atoms with van der Waals surface area (Å²) in [7, 11) is 0. The van der Waals surface area contributed by atoms with Crippen molar-refractivity contribution >= 4 is 62.9 Å². The van der Waals surface area contributed by atoms with Crippen molar-refractivity contribution in [3.05, 3.63) is 106 Å². The number of Topliss-reactive ketones (excluding diaryl/α,β-unsaturated/α-hetero) is 1. The van der Waals surface area contributed by atoms with Gasteiger partial charge in [0.05, 0.1) is 10.5 Å². The van der Waals surface area contributed by atoms with Crippen LogP contribution in [-0.4, -0.2) is 49.6 Å². The van der Waals surface area contributed by atoms with Crippen LogP contribution in [0.5, 0.6) is 5.75 Å². The topological polar surface area (TPSA) is 99.7 Å². The third kappa shape index (κ3) is 5.62. The molecule has 1 atom stereocenters. The van der Waals surface area contributed by atoms with E-state index in [0.29, 0.717) is 16.2 Å². The highest BCUT2D eigenvalue weighted by Crippen LogP contribution is 2.35. The number of hydrogen-bond acceptors (Lipinski definition) is 6. The normalized spacial score (nSPS) is 15.2. The Morgan fingerprint density at radius 2 is 1.79 bits per heavy atom. The summed E-state index contributed by atoms with van der Waals surface area (Å²) in [5.74, 6) is -2.32. The van der Waals surface area contributed by atoms with Gasteiger partial charge in [0.25, 0.3) is 5.91 Å². The van der Waals surface area contributed by atoms with E-state index in [-0.39, 0.29) is 22.9 Å². The highest BCUT2D eigenvalue weighted by atomic mass is 32.2. The van der Waals surface area contributed by atoms with Gasteiger partial charge in [-0.05, 0) is 47.5 Å². The SMILES string of the molecule is O=C(COc1ccc(/C=C2\SC(=S)N([C@@H](Cc3c[nH]c4ccccc34)C(=O)O)C2=O)cc1)c1ccccc1F. The number of carbonyl (C=O) groups excluding carboxylic acids is 2. The molecule has 1 fully saturated rings. The number of ketones is 1. The number of nitrogens with one attached hydrogen (secondary N) is 1. The van der Waals surface area contributed by atoms with Gasteiger partial charge in [0.2, 0.25) is 5.78 Å². The van der Waals surface area contributed by atoms with Gasteiger partial charge in [0.15, 0.2) is 6.61 Å². The summed E-state index contributed by atoms with van der Waals surface area (Å²) in [5, 5.41) is 10.9. The number of aliphatic carboxylic acids is 1. The van der Waals surface area contributed by atoms with Gasteiger partial charge in [-0.25, -0.2) is 9.18 Å². The Morgan fingerprint density at radius 1 is 1.08 bits per heavy atom. The number of nitrogens with zero attached hydrogens (tertiary/aromatic N) is 1. The second-order valence-electron chi connectivity index (χ2n) is 8.73. The van der Waals surface area contributed by atoms with E-state index in [0.717, 1.165) is 33.1 Å². The third-order valence-electron chi connectivity index (χ3n) is 6.23. The Hall–Kier alpha value is -4.28. The number of H-pyrrole nitrogens is 1. The lowest BCUT2D eigenvalue weighted by Crippen LogP contribution is -2.45. The van der Waals surface area contributed by atoms with E-state index in [1.54, 1.807) is 42.6 Å².